The molecule has 2 N–H and O–H groups in total. The maximum atomic E-state index is 6.13. The van der Waals surface area contributed by atoms with Gasteiger partial charge < -0.3 is 10.5 Å². The summed E-state index contributed by atoms with van der Waals surface area (Å²) in [6.45, 7) is 3.06. The highest BCUT2D eigenvalue weighted by molar-refractivity contribution is 7.99. The number of rotatable bonds is 5. The predicted molar refractivity (Wildman–Crippen MR) is 73.4 cm³/mol. The van der Waals surface area contributed by atoms with Gasteiger partial charge in [-0.1, -0.05) is 25.1 Å². The van der Waals surface area contributed by atoms with Crippen molar-refractivity contribution in [1.82, 2.24) is 0 Å². The Kier molecular flexibility index (Phi) is 4.89. The number of nitrogens with two attached hydrogens (primary N) is 1. The fourth-order valence-electron chi connectivity index (χ4n) is 2.10. The van der Waals surface area contributed by atoms with Gasteiger partial charge >= 0.3 is 0 Å². The van der Waals surface area contributed by atoms with Crippen molar-refractivity contribution in [1.29, 1.82) is 0 Å². The van der Waals surface area contributed by atoms with Crippen molar-refractivity contribution in [3.05, 3.63) is 29.8 Å². The first-order chi connectivity index (χ1) is 8.31. The minimum atomic E-state index is 0.156. The molecule has 1 aromatic carbocycles. The van der Waals surface area contributed by atoms with Crippen LogP contribution in [-0.2, 0) is 4.74 Å². The third-order valence-electron chi connectivity index (χ3n) is 3.21. The normalized spacial score (nSPS) is 21.6. The molecule has 2 rings (SSSR count). The number of thioether (sulfide) groups is 1. The van der Waals surface area contributed by atoms with E-state index < -0.39 is 0 Å². The van der Waals surface area contributed by atoms with Gasteiger partial charge in [-0.05, 0) is 30.9 Å². The molecule has 0 amide bonds. The summed E-state index contributed by atoms with van der Waals surface area (Å²) in [5.74, 6) is 1.05. The molecule has 0 aliphatic carbocycles. The van der Waals surface area contributed by atoms with Gasteiger partial charge in [-0.25, -0.2) is 0 Å². The quantitative estimate of drug-likeness (QED) is 0.815. The fourth-order valence-corrected chi connectivity index (χ4v) is 3.29. The molecule has 0 radical (unpaired) electrons. The van der Waals surface area contributed by atoms with Crippen molar-refractivity contribution in [2.45, 2.75) is 43.2 Å². The van der Waals surface area contributed by atoms with E-state index in [-0.39, 0.29) is 6.04 Å². The van der Waals surface area contributed by atoms with E-state index in [1.807, 2.05) is 11.8 Å². The summed E-state index contributed by atoms with van der Waals surface area (Å²) in [6, 6.07) is 8.63. The van der Waals surface area contributed by atoms with Crippen molar-refractivity contribution < 1.29 is 4.74 Å². The van der Waals surface area contributed by atoms with Gasteiger partial charge in [0, 0.05) is 23.3 Å². The minimum Gasteiger partial charge on any atom is -0.377 e. The van der Waals surface area contributed by atoms with E-state index in [1.165, 1.54) is 23.3 Å². The van der Waals surface area contributed by atoms with Crippen LogP contribution >= 0.6 is 11.8 Å². The zero-order valence-electron chi connectivity index (χ0n) is 10.4. The molecule has 1 fully saturated rings. The Morgan fingerprint density at radius 2 is 2.29 bits per heavy atom. The lowest BCUT2D eigenvalue weighted by atomic mass is 10.1. The molecule has 0 aromatic heterocycles. The lowest BCUT2D eigenvalue weighted by Gasteiger charge is -2.15. The second-order valence-corrected chi connectivity index (χ2v) is 5.56. The molecule has 0 saturated carbocycles. The summed E-state index contributed by atoms with van der Waals surface area (Å²) in [7, 11) is 0. The molecule has 2 unspecified atom stereocenters. The second-order valence-electron chi connectivity index (χ2n) is 4.50. The van der Waals surface area contributed by atoms with Crippen molar-refractivity contribution >= 4 is 11.8 Å². The van der Waals surface area contributed by atoms with Gasteiger partial charge in [-0.3, -0.25) is 0 Å². The van der Waals surface area contributed by atoms with Crippen LogP contribution in [0.25, 0.3) is 0 Å². The average Bonchev–Trinajstić information content (AvgIpc) is 2.89. The molecule has 3 heteroatoms. The van der Waals surface area contributed by atoms with Gasteiger partial charge in [-0.2, -0.15) is 0 Å². The Balaban J connectivity index is 1.98. The summed E-state index contributed by atoms with van der Waals surface area (Å²) in [4.78, 5) is 1.32. The monoisotopic (exact) mass is 251 g/mol. The van der Waals surface area contributed by atoms with Crippen LogP contribution in [0.5, 0.6) is 0 Å². The molecular formula is C14H21NOS. The van der Waals surface area contributed by atoms with Gasteiger partial charge in [0.1, 0.15) is 0 Å². The maximum Gasteiger partial charge on any atom is 0.0669 e. The van der Waals surface area contributed by atoms with Gasteiger partial charge in [0.25, 0.3) is 0 Å². The van der Waals surface area contributed by atoms with Crippen molar-refractivity contribution in [2.24, 2.45) is 5.73 Å². The van der Waals surface area contributed by atoms with Crippen LogP contribution in [0.15, 0.2) is 29.2 Å². The van der Waals surface area contributed by atoms with Gasteiger partial charge in [-0.15, -0.1) is 11.8 Å². The molecule has 1 aromatic rings. The molecule has 17 heavy (non-hydrogen) atoms. The van der Waals surface area contributed by atoms with Crippen molar-refractivity contribution in [3.63, 3.8) is 0 Å². The summed E-state index contributed by atoms with van der Waals surface area (Å²) in [5.41, 5.74) is 7.41. The average molecular weight is 251 g/mol. The van der Waals surface area contributed by atoms with Crippen molar-refractivity contribution in [3.8, 4) is 0 Å². The summed E-state index contributed by atoms with van der Waals surface area (Å²) in [6.07, 6.45) is 3.83. The molecule has 1 heterocycles. The van der Waals surface area contributed by atoms with Gasteiger partial charge in [0.2, 0.25) is 0 Å². The molecule has 2 atom stereocenters. The highest BCUT2D eigenvalue weighted by Crippen LogP contribution is 2.30. The molecule has 1 saturated heterocycles. The Labute approximate surface area is 108 Å². The van der Waals surface area contributed by atoms with Crippen molar-refractivity contribution in [2.75, 3.05) is 12.4 Å². The van der Waals surface area contributed by atoms with E-state index in [1.54, 1.807) is 0 Å². The minimum absolute atomic E-state index is 0.156. The number of hydrogen-bond donors (Lipinski definition) is 1. The third-order valence-corrected chi connectivity index (χ3v) is 4.43. The highest BCUT2D eigenvalue weighted by atomic mass is 32.2. The van der Waals surface area contributed by atoms with Crippen LogP contribution in [-0.4, -0.2) is 18.5 Å². The molecule has 1 aliphatic heterocycles. The van der Waals surface area contributed by atoms with Crippen LogP contribution in [0.1, 0.15) is 37.8 Å². The standard InChI is InChI=1S/C14H21NOS/c1-2-13(15)12-7-3-4-8-14(12)17-10-11-6-5-9-16-11/h3-4,7-8,11,13H,2,5-6,9-10,15H2,1H3. The van der Waals surface area contributed by atoms with Crippen LogP contribution in [0.3, 0.4) is 0 Å². The predicted octanol–water partition coefficient (Wildman–Crippen LogP) is 3.37. The molecule has 94 valence electrons. The van der Waals surface area contributed by atoms with Crippen LogP contribution in [0.4, 0.5) is 0 Å². The Morgan fingerprint density at radius 3 is 3.00 bits per heavy atom. The topological polar surface area (TPSA) is 35.2 Å². The zero-order chi connectivity index (χ0) is 12.1. The van der Waals surface area contributed by atoms with Gasteiger partial charge in [0.05, 0.1) is 6.10 Å². The zero-order valence-corrected chi connectivity index (χ0v) is 11.2. The second kappa shape index (κ2) is 6.43. The van der Waals surface area contributed by atoms with E-state index in [9.17, 15) is 0 Å². The SMILES string of the molecule is CCC(N)c1ccccc1SCC1CCCO1. The third kappa shape index (κ3) is 3.47. The fraction of sp³-hybridized carbons (Fsp3) is 0.571. The first-order valence-corrected chi connectivity index (χ1v) is 7.38. The largest absolute Gasteiger partial charge is 0.377 e. The smallest absolute Gasteiger partial charge is 0.0669 e. The summed E-state index contributed by atoms with van der Waals surface area (Å²) < 4.78 is 5.65. The first-order valence-electron chi connectivity index (χ1n) is 6.40. The van der Waals surface area contributed by atoms with E-state index in [2.05, 4.69) is 31.2 Å². The van der Waals surface area contributed by atoms with Crippen LogP contribution in [0.2, 0.25) is 0 Å². The number of hydrogen-bond acceptors (Lipinski definition) is 3. The number of ether oxygens (including phenoxy) is 1. The summed E-state index contributed by atoms with van der Waals surface area (Å²) >= 11 is 1.88. The van der Waals surface area contributed by atoms with Gasteiger partial charge in [0.15, 0.2) is 0 Å². The lowest BCUT2D eigenvalue weighted by molar-refractivity contribution is 0.129. The maximum absolute atomic E-state index is 6.13. The van der Waals surface area contributed by atoms with E-state index in [4.69, 9.17) is 10.5 Å². The van der Waals surface area contributed by atoms with E-state index in [0.29, 0.717) is 6.10 Å². The molecule has 0 spiro atoms. The molecule has 1 aliphatic rings. The molecule has 2 nitrogen and oxygen atoms in total. The van der Waals surface area contributed by atoms with Crippen LogP contribution < -0.4 is 5.73 Å². The van der Waals surface area contributed by atoms with Crippen LogP contribution in [0, 0.1) is 0 Å². The Morgan fingerprint density at radius 1 is 1.47 bits per heavy atom. The number of benzene rings is 1. The first kappa shape index (κ1) is 12.9. The summed E-state index contributed by atoms with van der Waals surface area (Å²) in [5, 5.41) is 0. The Hall–Kier alpha value is -0.510. The van der Waals surface area contributed by atoms with E-state index >= 15 is 0 Å². The molecular weight excluding hydrogens is 230 g/mol. The Bertz CT molecular complexity index is 350. The highest BCUT2D eigenvalue weighted by Gasteiger charge is 2.17. The van der Waals surface area contributed by atoms with E-state index in [0.717, 1.165) is 18.8 Å². The lowest BCUT2D eigenvalue weighted by Crippen LogP contribution is -2.11. The molecule has 0 bridgehead atoms.